The molecule has 0 aromatic rings. The van der Waals surface area contributed by atoms with Gasteiger partial charge in [0, 0.05) is 0 Å². The molecule has 4 aliphatic rings. The molecule has 29 heavy (non-hydrogen) atoms. The molecule has 0 radical (unpaired) electrons. The molecule has 168 valence electrons. The maximum atomic E-state index is 11.4. The van der Waals surface area contributed by atoms with Gasteiger partial charge in [-0.3, -0.25) is 0 Å². The maximum absolute atomic E-state index is 11.4. The van der Waals surface area contributed by atoms with Gasteiger partial charge in [-0.1, -0.05) is 66.7 Å². The van der Waals surface area contributed by atoms with Crippen LogP contribution in [-0.2, 0) is 0 Å². The molecule has 2 N–H and O–H groups in total. The van der Waals surface area contributed by atoms with Crippen LogP contribution in [0.4, 0.5) is 0 Å². The molecule has 0 spiro atoms. The van der Waals surface area contributed by atoms with Gasteiger partial charge in [0.05, 0.1) is 12.2 Å². The quantitative estimate of drug-likeness (QED) is 0.553. The minimum absolute atomic E-state index is 0.254. The highest BCUT2D eigenvalue weighted by Gasteiger charge is 2.64. The Morgan fingerprint density at radius 3 is 2.21 bits per heavy atom. The fourth-order valence-corrected chi connectivity index (χ4v) is 9.34. The van der Waals surface area contributed by atoms with Crippen molar-refractivity contribution in [2.24, 2.45) is 52.3 Å². The number of aliphatic hydroxyl groups excluding tert-OH is 2. The van der Waals surface area contributed by atoms with Gasteiger partial charge in [0.1, 0.15) is 0 Å². The summed E-state index contributed by atoms with van der Waals surface area (Å²) in [6, 6.07) is 0. The van der Waals surface area contributed by atoms with E-state index in [9.17, 15) is 10.2 Å². The minimum atomic E-state index is -0.494. The van der Waals surface area contributed by atoms with Gasteiger partial charge in [0.2, 0.25) is 0 Å². The van der Waals surface area contributed by atoms with E-state index in [-0.39, 0.29) is 5.41 Å². The summed E-state index contributed by atoms with van der Waals surface area (Å²) in [6.45, 7) is 12.2. The van der Waals surface area contributed by atoms with Gasteiger partial charge >= 0.3 is 0 Å². The van der Waals surface area contributed by atoms with Crippen molar-refractivity contribution in [2.45, 2.75) is 117 Å². The number of fused-ring (bicyclic) bond motifs is 5. The zero-order chi connectivity index (χ0) is 21.0. The van der Waals surface area contributed by atoms with Gasteiger partial charge < -0.3 is 10.2 Å². The molecule has 2 heteroatoms. The topological polar surface area (TPSA) is 40.5 Å². The van der Waals surface area contributed by atoms with Crippen molar-refractivity contribution in [1.82, 2.24) is 0 Å². The highest BCUT2D eigenvalue weighted by atomic mass is 16.3. The summed E-state index contributed by atoms with van der Waals surface area (Å²) in [6.07, 6.45) is 13.3. The Hall–Kier alpha value is -0.0800. The van der Waals surface area contributed by atoms with Crippen LogP contribution in [0.5, 0.6) is 0 Å². The fourth-order valence-electron chi connectivity index (χ4n) is 9.34. The van der Waals surface area contributed by atoms with Crippen molar-refractivity contribution < 1.29 is 10.2 Å². The van der Waals surface area contributed by atoms with E-state index in [0.717, 1.165) is 24.2 Å². The SMILES string of the molecule is CC(C)CCC[C@@H](C)C1CCC2C3C(O)[C@H](O)[C@H]4CCCCC4(C)C3CCC21C. The van der Waals surface area contributed by atoms with Gasteiger partial charge in [-0.15, -0.1) is 0 Å². The molecule has 4 rings (SSSR count). The summed E-state index contributed by atoms with van der Waals surface area (Å²) < 4.78 is 0. The lowest BCUT2D eigenvalue weighted by Gasteiger charge is -2.63. The number of hydrogen-bond donors (Lipinski definition) is 2. The van der Waals surface area contributed by atoms with E-state index < -0.39 is 12.2 Å². The molecular weight excluding hydrogens is 356 g/mol. The first kappa shape index (κ1) is 22.1. The Balaban J connectivity index is 1.54. The summed E-state index contributed by atoms with van der Waals surface area (Å²) in [4.78, 5) is 0. The standard InChI is InChI=1S/C27H48O2/c1-17(2)9-8-10-18(3)19-12-13-20-23-21(14-16-27(19,20)5)26(4)15-7-6-11-22(26)24(28)25(23)29/h17-25,28-29H,6-16H2,1-5H3/t18-,19?,20?,21?,22-,23?,24-,25?,26?,27?/m1/s1. The van der Waals surface area contributed by atoms with Crippen LogP contribution in [0.1, 0.15) is 105 Å². The highest BCUT2D eigenvalue weighted by Crippen LogP contribution is 2.68. The largest absolute Gasteiger partial charge is 0.390 e. The molecule has 7 unspecified atom stereocenters. The molecule has 0 saturated heterocycles. The van der Waals surface area contributed by atoms with Crippen LogP contribution in [0.2, 0.25) is 0 Å². The van der Waals surface area contributed by atoms with Gasteiger partial charge in [0.25, 0.3) is 0 Å². The van der Waals surface area contributed by atoms with Crippen LogP contribution in [-0.4, -0.2) is 22.4 Å². The van der Waals surface area contributed by atoms with E-state index in [2.05, 4.69) is 34.6 Å². The third kappa shape index (κ3) is 3.53. The highest BCUT2D eigenvalue weighted by molar-refractivity contribution is 5.13. The zero-order valence-electron chi connectivity index (χ0n) is 19.9. The molecule has 2 nitrogen and oxygen atoms in total. The number of aliphatic hydroxyl groups is 2. The molecular formula is C27H48O2. The normalized spacial score (nSPS) is 50.7. The first-order valence-corrected chi connectivity index (χ1v) is 13.1. The van der Waals surface area contributed by atoms with Gasteiger partial charge in [-0.2, -0.15) is 0 Å². The molecule has 0 aromatic heterocycles. The second-order valence-corrected chi connectivity index (χ2v) is 12.7. The van der Waals surface area contributed by atoms with Crippen molar-refractivity contribution in [2.75, 3.05) is 0 Å². The lowest BCUT2D eigenvalue weighted by atomic mass is 9.43. The lowest BCUT2D eigenvalue weighted by Crippen LogP contribution is -2.63. The van der Waals surface area contributed by atoms with Gasteiger partial charge in [-0.25, -0.2) is 0 Å². The summed E-state index contributed by atoms with van der Waals surface area (Å²) >= 11 is 0. The van der Waals surface area contributed by atoms with E-state index in [1.54, 1.807) is 0 Å². The lowest BCUT2D eigenvalue weighted by molar-refractivity contribution is -0.215. The van der Waals surface area contributed by atoms with Crippen LogP contribution < -0.4 is 0 Å². The summed E-state index contributed by atoms with van der Waals surface area (Å²) in [5.74, 6) is 4.31. The molecule has 0 heterocycles. The second kappa shape index (κ2) is 8.12. The first-order chi connectivity index (χ1) is 13.7. The summed E-state index contributed by atoms with van der Waals surface area (Å²) in [5, 5.41) is 22.5. The molecule has 0 aromatic carbocycles. The van der Waals surface area contributed by atoms with Crippen molar-refractivity contribution in [3.63, 3.8) is 0 Å². The molecule has 0 amide bonds. The third-order valence-corrected chi connectivity index (χ3v) is 10.9. The number of hydrogen-bond acceptors (Lipinski definition) is 2. The predicted molar refractivity (Wildman–Crippen MR) is 120 cm³/mol. The van der Waals surface area contributed by atoms with Crippen LogP contribution in [0.3, 0.4) is 0 Å². The van der Waals surface area contributed by atoms with E-state index in [4.69, 9.17) is 0 Å². The van der Waals surface area contributed by atoms with Crippen molar-refractivity contribution in [3.05, 3.63) is 0 Å². The summed E-state index contributed by atoms with van der Waals surface area (Å²) in [5.41, 5.74) is 0.626. The van der Waals surface area contributed by atoms with E-state index in [1.807, 2.05) is 0 Å². The molecule has 0 bridgehead atoms. The van der Waals surface area contributed by atoms with Crippen molar-refractivity contribution in [3.8, 4) is 0 Å². The Morgan fingerprint density at radius 2 is 1.48 bits per heavy atom. The summed E-state index contributed by atoms with van der Waals surface area (Å²) in [7, 11) is 0. The Kier molecular flexibility index (Phi) is 6.19. The van der Waals surface area contributed by atoms with Crippen LogP contribution in [0.25, 0.3) is 0 Å². The van der Waals surface area contributed by atoms with Crippen LogP contribution in [0.15, 0.2) is 0 Å². The van der Waals surface area contributed by atoms with Crippen LogP contribution in [0, 0.1) is 52.3 Å². The first-order valence-electron chi connectivity index (χ1n) is 13.1. The molecule has 4 aliphatic carbocycles. The average Bonchev–Trinajstić information content (AvgIpc) is 3.02. The van der Waals surface area contributed by atoms with E-state index >= 15 is 0 Å². The minimum Gasteiger partial charge on any atom is -0.390 e. The monoisotopic (exact) mass is 404 g/mol. The number of rotatable bonds is 5. The smallest absolute Gasteiger partial charge is 0.0835 e. The second-order valence-electron chi connectivity index (χ2n) is 12.7. The van der Waals surface area contributed by atoms with E-state index in [1.165, 1.54) is 64.2 Å². The average molecular weight is 405 g/mol. The molecule has 10 atom stereocenters. The van der Waals surface area contributed by atoms with Gasteiger partial charge in [0.15, 0.2) is 0 Å². The van der Waals surface area contributed by atoms with Crippen molar-refractivity contribution >= 4 is 0 Å². The molecule has 4 fully saturated rings. The predicted octanol–water partition coefficient (Wildman–Crippen LogP) is 6.44. The van der Waals surface area contributed by atoms with Crippen molar-refractivity contribution in [1.29, 1.82) is 0 Å². The Bertz CT molecular complexity index is 573. The van der Waals surface area contributed by atoms with Crippen LogP contribution >= 0.6 is 0 Å². The maximum Gasteiger partial charge on any atom is 0.0835 e. The fraction of sp³-hybridized carbons (Fsp3) is 1.00. The Labute approximate surface area is 180 Å². The molecule has 0 aliphatic heterocycles. The third-order valence-electron chi connectivity index (χ3n) is 10.9. The Morgan fingerprint density at radius 1 is 0.759 bits per heavy atom. The molecule has 4 saturated carbocycles. The van der Waals surface area contributed by atoms with E-state index in [0.29, 0.717) is 29.1 Å². The zero-order valence-corrected chi connectivity index (χ0v) is 19.9. The van der Waals surface area contributed by atoms with Gasteiger partial charge in [-0.05, 0) is 90.8 Å².